The van der Waals surface area contributed by atoms with Crippen LogP contribution in [0.3, 0.4) is 0 Å². The molecule has 1 atom stereocenters. The van der Waals surface area contributed by atoms with Crippen molar-refractivity contribution in [1.29, 1.82) is 0 Å². The van der Waals surface area contributed by atoms with Crippen molar-refractivity contribution in [1.82, 2.24) is 0 Å². The first-order valence-corrected chi connectivity index (χ1v) is 5.38. The number of hydrogen-bond acceptors (Lipinski definition) is 4. The van der Waals surface area contributed by atoms with Crippen molar-refractivity contribution in [2.45, 2.75) is 0 Å². The van der Waals surface area contributed by atoms with Gasteiger partial charge in [-0.05, 0) is 0 Å². The quantitative estimate of drug-likeness (QED) is 0.610. The van der Waals surface area contributed by atoms with Gasteiger partial charge in [0.1, 0.15) is 5.92 Å². The van der Waals surface area contributed by atoms with E-state index in [1.807, 2.05) is 0 Å². The summed E-state index contributed by atoms with van der Waals surface area (Å²) in [5.41, 5.74) is 0.306. The third-order valence-corrected chi connectivity index (χ3v) is 2.80. The number of fused-ring (bicyclic) bond motifs is 1. The van der Waals surface area contributed by atoms with Crippen LogP contribution >= 0.6 is 0 Å². The van der Waals surface area contributed by atoms with Gasteiger partial charge in [0.25, 0.3) is 10.0 Å². The van der Waals surface area contributed by atoms with E-state index < -0.39 is 27.0 Å². The van der Waals surface area contributed by atoms with Crippen LogP contribution in [-0.2, 0) is 19.6 Å². The lowest BCUT2D eigenvalue weighted by molar-refractivity contribution is -0.138. The molecule has 0 bridgehead atoms. The van der Waals surface area contributed by atoms with Crippen LogP contribution in [0.2, 0.25) is 0 Å². The van der Waals surface area contributed by atoms with Crippen molar-refractivity contribution in [3.63, 3.8) is 0 Å². The highest BCUT2D eigenvalue weighted by Crippen LogP contribution is 2.32. The van der Waals surface area contributed by atoms with Crippen molar-refractivity contribution in [2.75, 3.05) is 0 Å². The zero-order chi connectivity index (χ0) is 10.3. The second kappa shape index (κ2) is 2.79. The number of esters is 1. The molecule has 1 unspecified atom stereocenters. The summed E-state index contributed by atoms with van der Waals surface area (Å²) in [6.07, 6.45) is 6.35. The van der Waals surface area contributed by atoms with Crippen LogP contribution in [0, 0.1) is 5.92 Å². The predicted molar refractivity (Wildman–Crippen MR) is 48.0 cm³/mol. The largest absolute Gasteiger partial charge is 0.412 e. The molecule has 6 heteroatoms. The van der Waals surface area contributed by atoms with Gasteiger partial charge in [0, 0.05) is 5.57 Å². The topological polar surface area (TPSA) is 86.5 Å². The smallest absolute Gasteiger partial charge is 0.323 e. The van der Waals surface area contributed by atoms with Gasteiger partial charge < -0.3 is 4.74 Å². The average Bonchev–Trinajstić information content (AvgIpc) is 2.44. The fourth-order valence-corrected chi connectivity index (χ4v) is 2.10. The number of cyclic esters (lactones) is 1. The van der Waals surface area contributed by atoms with Gasteiger partial charge in [-0.2, -0.15) is 0 Å². The molecule has 1 aliphatic carbocycles. The monoisotopic (exact) mass is 213 g/mol. The molecule has 2 rings (SSSR count). The van der Waals surface area contributed by atoms with Crippen molar-refractivity contribution >= 4 is 16.0 Å². The number of carbonyl (C=O) groups excluding carboxylic acids is 1. The van der Waals surface area contributed by atoms with Gasteiger partial charge in [0.2, 0.25) is 5.09 Å². The van der Waals surface area contributed by atoms with Crippen LogP contribution in [-0.4, -0.2) is 14.4 Å². The van der Waals surface area contributed by atoms with Crippen molar-refractivity contribution in [3.05, 3.63) is 35.0 Å². The third kappa shape index (κ3) is 1.28. The highest BCUT2D eigenvalue weighted by atomic mass is 32.2. The molecule has 0 saturated carbocycles. The summed E-state index contributed by atoms with van der Waals surface area (Å²) in [6.45, 7) is 0. The summed E-state index contributed by atoms with van der Waals surface area (Å²) in [5, 5.41) is 4.45. The number of allylic oxidation sites excluding steroid dienone is 3. The van der Waals surface area contributed by atoms with E-state index in [-0.39, 0.29) is 0 Å². The third-order valence-electron chi connectivity index (χ3n) is 1.97. The number of sulfonamides is 1. The van der Waals surface area contributed by atoms with Crippen molar-refractivity contribution in [2.24, 2.45) is 11.1 Å². The van der Waals surface area contributed by atoms with Gasteiger partial charge in [-0.1, -0.05) is 24.3 Å². The highest BCUT2D eigenvalue weighted by Gasteiger charge is 2.38. The van der Waals surface area contributed by atoms with Crippen LogP contribution < -0.4 is 5.14 Å². The fourth-order valence-electron chi connectivity index (χ4n) is 1.38. The van der Waals surface area contributed by atoms with Gasteiger partial charge in [0.15, 0.2) is 0 Å². The zero-order valence-corrected chi connectivity index (χ0v) is 7.82. The summed E-state index contributed by atoms with van der Waals surface area (Å²) in [5.74, 6) is -1.24. The average molecular weight is 213 g/mol. The zero-order valence-electron chi connectivity index (χ0n) is 7.01. The number of hydrogen-bond donors (Lipinski definition) is 1. The Morgan fingerprint density at radius 2 is 2.07 bits per heavy atom. The van der Waals surface area contributed by atoms with Gasteiger partial charge in [-0.15, -0.1) is 0 Å². The van der Waals surface area contributed by atoms with Gasteiger partial charge in [0.05, 0.1) is 0 Å². The first kappa shape index (κ1) is 9.17. The van der Waals surface area contributed by atoms with E-state index in [9.17, 15) is 13.2 Å². The van der Waals surface area contributed by atoms with Crippen LogP contribution in [0.1, 0.15) is 0 Å². The molecule has 0 aromatic carbocycles. The van der Waals surface area contributed by atoms with Gasteiger partial charge in [-0.25, -0.2) is 13.6 Å². The van der Waals surface area contributed by atoms with Crippen molar-refractivity contribution in [3.8, 4) is 0 Å². The molecule has 2 aliphatic rings. The minimum Gasteiger partial charge on any atom is -0.412 e. The van der Waals surface area contributed by atoms with E-state index in [2.05, 4.69) is 4.74 Å². The minimum atomic E-state index is -3.95. The maximum absolute atomic E-state index is 11.2. The van der Waals surface area contributed by atoms with Crippen LogP contribution in [0.5, 0.6) is 0 Å². The molecule has 14 heavy (non-hydrogen) atoms. The number of primary sulfonamides is 1. The number of nitrogens with two attached hydrogens (primary N) is 1. The van der Waals surface area contributed by atoms with Crippen molar-refractivity contribution < 1.29 is 17.9 Å². The Balaban J connectivity index is 2.58. The molecule has 2 N–H and O–H groups in total. The maximum atomic E-state index is 11.2. The Labute approximate surface area is 80.6 Å². The molecule has 0 radical (unpaired) electrons. The molecule has 1 heterocycles. The first-order chi connectivity index (χ1) is 6.50. The summed E-state index contributed by atoms with van der Waals surface area (Å²) in [6, 6.07) is 0. The molecular formula is C8H7NO4S. The van der Waals surface area contributed by atoms with Gasteiger partial charge >= 0.3 is 5.97 Å². The summed E-state index contributed by atoms with van der Waals surface area (Å²) in [4.78, 5) is 11.2. The Hall–Kier alpha value is -1.40. The van der Waals surface area contributed by atoms with Crippen LogP contribution in [0.25, 0.3) is 0 Å². The molecule has 0 fully saturated rings. The molecule has 0 aromatic rings. The fraction of sp³-hybridized carbons (Fsp3) is 0.125. The number of rotatable bonds is 1. The van der Waals surface area contributed by atoms with E-state index >= 15 is 0 Å². The minimum absolute atomic E-state index is 0.306. The first-order valence-electron chi connectivity index (χ1n) is 3.83. The molecule has 1 aliphatic heterocycles. The molecule has 5 nitrogen and oxygen atoms in total. The van der Waals surface area contributed by atoms with E-state index in [0.717, 1.165) is 0 Å². The van der Waals surface area contributed by atoms with Gasteiger partial charge in [-0.3, -0.25) is 4.79 Å². The number of carbonyl (C=O) groups is 1. The molecule has 0 aromatic heterocycles. The second-order valence-corrected chi connectivity index (χ2v) is 4.39. The lowest BCUT2D eigenvalue weighted by atomic mass is 9.98. The molecule has 0 spiro atoms. The molecule has 0 saturated heterocycles. The van der Waals surface area contributed by atoms with E-state index in [1.165, 1.54) is 6.08 Å². The van der Waals surface area contributed by atoms with E-state index in [4.69, 9.17) is 5.14 Å². The summed E-state index contributed by atoms with van der Waals surface area (Å²) in [7, 11) is -3.95. The van der Waals surface area contributed by atoms with E-state index in [1.54, 1.807) is 18.2 Å². The predicted octanol–water partition coefficient (Wildman–Crippen LogP) is -0.214. The summed E-state index contributed by atoms with van der Waals surface area (Å²) >= 11 is 0. The Morgan fingerprint density at radius 1 is 1.36 bits per heavy atom. The van der Waals surface area contributed by atoms with E-state index in [0.29, 0.717) is 5.57 Å². The van der Waals surface area contributed by atoms with Crippen LogP contribution in [0.15, 0.2) is 35.0 Å². The lowest BCUT2D eigenvalue weighted by Gasteiger charge is -2.03. The second-order valence-electron chi connectivity index (χ2n) is 2.93. The Kier molecular flexibility index (Phi) is 1.83. The Morgan fingerprint density at radius 3 is 2.71 bits per heavy atom. The normalized spacial score (nSPS) is 25.2. The molecular weight excluding hydrogens is 206 g/mol. The summed E-state index contributed by atoms with van der Waals surface area (Å²) < 4.78 is 26.6. The molecule has 74 valence electrons. The lowest BCUT2D eigenvalue weighted by Crippen LogP contribution is -2.16. The highest BCUT2D eigenvalue weighted by molar-refractivity contribution is 7.92. The standard InChI is InChI=1S/C8H7NO4S/c9-14(11,12)8-6-4-2-1-3-5(6)7(10)13-8/h1-5H,(H2,9,11,12). The molecule has 0 amide bonds. The van der Waals surface area contributed by atoms with Crippen LogP contribution in [0.4, 0.5) is 0 Å². The number of ether oxygens (including phenoxy) is 1. The Bertz CT molecular complexity index is 483. The maximum Gasteiger partial charge on any atom is 0.323 e. The SMILES string of the molecule is NS(=O)(=O)C1=C2C=CC=CC2C(=O)O1.